The van der Waals surface area contributed by atoms with E-state index in [0.29, 0.717) is 5.56 Å². The maximum Gasteiger partial charge on any atom is 0.331 e. The van der Waals surface area contributed by atoms with E-state index in [4.69, 9.17) is 4.74 Å². The van der Waals surface area contributed by atoms with Crippen LogP contribution in [-0.2, 0) is 24.7 Å². The topological polar surface area (TPSA) is 75.7 Å². The summed E-state index contributed by atoms with van der Waals surface area (Å²) in [6, 6.07) is 12.5. The number of thiophene rings is 1. The summed E-state index contributed by atoms with van der Waals surface area (Å²) in [5.74, 6) is -2.60. The molecule has 1 aromatic heterocycles. The molecular weight excluding hydrogens is 364 g/mol. The number of benzene rings is 1. The molecule has 2 aliphatic heterocycles. The highest BCUT2D eigenvalue weighted by atomic mass is 32.1. The number of carbonyl (C=O) groups excluding carboxylic acids is 3. The monoisotopic (exact) mass is 384 g/mol. The fraction of sp³-hybridized carbons (Fsp3) is 0.350. The molecule has 4 atom stereocenters. The standard InChI is InChI=1S/C20H20N2O4S/c1-3-22-17(23)14-15(18(22)24)20(19(25)26-2,12-8-5-4-6-9-12)21-16(14)13-10-7-11-27-13/h4-11,14-16,21H,3H2,1-2H3/t14-,15-,16+,20+/m0/s1. The van der Waals surface area contributed by atoms with E-state index in [0.717, 1.165) is 4.88 Å². The summed E-state index contributed by atoms with van der Waals surface area (Å²) in [5, 5.41) is 5.27. The minimum absolute atomic E-state index is 0.236. The highest BCUT2D eigenvalue weighted by Crippen LogP contribution is 2.53. The fourth-order valence-corrected chi connectivity index (χ4v) is 5.25. The van der Waals surface area contributed by atoms with Crippen molar-refractivity contribution in [2.75, 3.05) is 13.7 Å². The summed E-state index contributed by atoms with van der Waals surface area (Å²) in [5.41, 5.74) is -0.767. The van der Waals surface area contributed by atoms with E-state index in [1.165, 1.54) is 23.3 Å². The smallest absolute Gasteiger partial charge is 0.331 e. The van der Waals surface area contributed by atoms with Crippen molar-refractivity contribution in [3.05, 3.63) is 58.3 Å². The molecule has 1 aromatic carbocycles. The summed E-state index contributed by atoms with van der Waals surface area (Å²) in [6.45, 7) is 2.06. The van der Waals surface area contributed by atoms with E-state index >= 15 is 0 Å². The lowest BCUT2D eigenvalue weighted by molar-refractivity contribution is -0.154. The summed E-state index contributed by atoms with van der Waals surface area (Å²) in [6.07, 6.45) is 0. The molecule has 1 N–H and O–H groups in total. The molecule has 2 aromatic rings. The zero-order chi connectivity index (χ0) is 19.2. The number of likely N-dealkylation sites (tertiary alicyclic amines) is 1. The predicted molar refractivity (Wildman–Crippen MR) is 99.7 cm³/mol. The van der Waals surface area contributed by atoms with Gasteiger partial charge in [-0.05, 0) is 23.9 Å². The molecule has 2 saturated heterocycles. The van der Waals surface area contributed by atoms with Crippen LogP contribution in [0.25, 0.3) is 0 Å². The first-order valence-corrected chi connectivity index (χ1v) is 9.74. The highest BCUT2D eigenvalue weighted by Gasteiger charge is 2.69. The van der Waals surface area contributed by atoms with E-state index in [1.807, 2.05) is 35.7 Å². The molecule has 140 valence electrons. The second-order valence-corrected chi connectivity index (χ2v) is 7.71. The maximum atomic E-state index is 13.2. The molecule has 0 aliphatic carbocycles. The van der Waals surface area contributed by atoms with Crippen LogP contribution in [0.3, 0.4) is 0 Å². The van der Waals surface area contributed by atoms with Gasteiger partial charge in [0.1, 0.15) is 0 Å². The lowest BCUT2D eigenvalue weighted by atomic mass is 9.75. The van der Waals surface area contributed by atoms with Crippen molar-refractivity contribution in [1.29, 1.82) is 0 Å². The first-order chi connectivity index (χ1) is 13.1. The Morgan fingerprint density at radius 2 is 1.93 bits per heavy atom. The molecule has 0 unspecified atom stereocenters. The van der Waals surface area contributed by atoms with Gasteiger partial charge in [-0.1, -0.05) is 36.4 Å². The molecule has 2 fully saturated rings. The molecule has 6 nitrogen and oxygen atoms in total. The number of esters is 1. The van der Waals surface area contributed by atoms with Gasteiger partial charge in [-0.25, -0.2) is 4.79 Å². The number of hydrogen-bond acceptors (Lipinski definition) is 6. The number of fused-ring (bicyclic) bond motifs is 1. The maximum absolute atomic E-state index is 13.2. The zero-order valence-electron chi connectivity index (χ0n) is 15.0. The molecule has 3 heterocycles. The Morgan fingerprint density at radius 1 is 1.19 bits per heavy atom. The number of amides is 2. The molecule has 0 spiro atoms. The first-order valence-electron chi connectivity index (χ1n) is 8.86. The van der Waals surface area contributed by atoms with Gasteiger partial charge in [0.05, 0.1) is 25.0 Å². The van der Waals surface area contributed by atoms with Gasteiger partial charge in [0.15, 0.2) is 5.54 Å². The fourth-order valence-electron chi connectivity index (χ4n) is 4.42. The van der Waals surface area contributed by atoms with Crippen LogP contribution in [-0.4, -0.2) is 36.3 Å². The van der Waals surface area contributed by atoms with Gasteiger partial charge in [0.2, 0.25) is 11.8 Å². The number of carbonyl (C=O) groups is 3. The minimum Gasteiger partial charge on any atom is -0.467 e. The summed E-state index contributed by atoms with van der Waals surface area (Å²) < 4.78 is 5.14. The lowest BCUT2D eigenvalue weighted by Gasteiger charge is -2.32. The Morgan fingerprint density at radius 3 is 2.52 bits per heavy atom. The number of methoxy groups -OCH3 is 1. The quantitative estimate of drug-likeness (QED) is 0.645. The second kappa shape index (κ2) is 6.58. The van der Waals surface area contributed by atoms with Crippen molar-refractivity contribution in [2.45, 2.75) is 18.5 Å². The van der Waals surface area contributed by atoms with Crippen molar-refractivity contribution in [3.8, 4) is 0 Å². The molecule has 2 aliphatic rings. The molecule has 27 heavy (non-hydrogen) atoms. The van der Waals surface area contributed by atoms with Crippen LogP contribution in [0.2, 0.25) is 0 Å². The molecule has 7 heteroatoms. The normalized spacial score (nSPS) is 29.9. The van der Waals surface area contributed by atoms with Gasteiger partial charge < -0.3 is 4.74 Å². The Kier molecular flexibility index (Phi) is 4.36. The number of nitrogens with one attached hydrogen (secondary N) is 1. The van der Waals surface area contributed by atoms with Crippen molar-refractivity contribution in [2.24, 2.45) is 11.8 Å². The predicted octanol–water partition coefficient (Wildman–Crippen LogP) is 2.08. The molecule has 0 saturated carbocycles. The van der Waals surface area contributed by atoms with Crippen LogP contribution in [0.5, 0.6) is 0 Å². The average Bonchev–Trinajstić information content (AvgIpc) is 3.39. The minimum atomic E-state index is -1.40. The van der Waals surface area contributed by atoms with Gasteiger partial charge in [0, 0.05) is 11.4 Å². The summed E-state index contributed by atoms with van der Waals surface area (Å²) in [7, 11) is 1.31. The van der Waals surface area contributed by atoms with Crippen LogP contribution in [0.4, 0.5) is 0 Å². The second-order valence-electron chi connectivity index (χ2n) is 6.73. The van der Waals surface area contributed by atoms with Crippen molar-refractivity contribution in [3.63, 3.8) is 0 Å². The van der Waals surface area contributed by atoms with Gasteiger partial charge in [0.25, 0.3) is 0 Å². The molecule has 4 rings (SSSR count). The van der Waals surface area contributed by atoms with E-state index in [9.17, 15) is 14.4 Å². The summed E-state index contributed by atoms with van der Waals surface area (Å²) in [4.78, 5) is 41.6. The third-order valence-corrected chi connectivity index (χ3v) is 6.51. The van der Waals surface area contributed by atoms with Crippen molar-refractivity contribution >= 4 is 29.1 Å². The van der Waals surface area contributed by atoms with Gasteiger partial charge in [-0.15, -0.1) is 11.3 Å². The van der Waals surface area contributed by atoms with E-state index in [2.05, 4.69) is 5.32 Å². The number of hydrogen-bond donors (Lipinski definition) is 1. The van der Waals surface area contributed by atoms with E-state index in [1.54, 1.807) is 19.1 Å². The van der Waals surface area contributed by atoms with Gasteiger partial charge >= 0.3 is 5.97 Å². The van der Waals surface area contributed by atoms with E-state index in [-0.39, 0.29) is 18.4 Å². The van der Waals surface area contributed by atoms with Crippen LogP contribution < -0.4 is 5.32 Å². The van der Waals surface area contributed by atoms with E-state index < -0.39 is 29.4 Å². The van der Waals surface area contributed by atoms with Crippen molar-refractivity contribution < 1.29 is 19.1 Å². The Balaban J connectivity index is 1.95. The van der Waals surface area contributed by atoms with Gasteiger partial charge in [-0.3, -0.25) is 19.8 Å². The van der Waals surface area contributed by atoms with Crippen LogP contribution in [0, 0.1) is 11.8 Å². The third kappa shape index (κ3) is 2.38. The molecule has 2 amide bonds. The highest BCUT2D eigenvalue weighted by molar-refractivity contribution is 7.10. The number of ether oxygens (including phenoxy) is 1. The summed E-state index contributed by atoms with van der Waals surface area (Å²) >= 11 is 1.50. The number of imide groups is 1. The Labute approximate surface area is 161 Å². The number of nitrogens with zero attached hydrogens (tertiary/aromatic N) is 1. The van der Waals surface area contributed by atoms with Crippen molar-refractivity contribution in [1.82, 2.24) is 10.2 Å². The van der Waals surface area contributed by atoms with Crippen LogP contribution >= 0.6 is 11.3 Å². The van der Waals surface area contributed by atoms with Gasteiger partial charge in [-0.2, -0.15) is 0 Å². The SMILES string of the molecule is CCN1C(=O)[C@@H]2[C@@H](c3cccs3)N[C@](C(=O)OC)(c3ccccc3)[C@@H]2C1=O. The van der Waals surface area contributed by atoms with Crippen LogP contribution in [0.1, 0.15) is 23.4 Å². The molecule has 0 bridgehead atoms. The zero-order valence-corrected chi connectivity index (χ0v) is 15.9. The Bertz CT molecular complexity index is 883. The lowest BCUT2D eigenvalue weighted by Crippen LogP contribution is -2.53. The Hall–Kier alpha value is -2.51. The van der Waals surface area contributed by atoms with Crippen LogP contribution in [0.15, 0.2) is 47.8 Å². The molecule has 0 radical (unpaired) electrons. The average molecular weight is 384 g/mol. The number of rotatable bonds is 4. The molecular formula is C20H20N2O4S. The first kappa shape index (κ1) is 17.9. The largest absolute Gasteiger partial charge is 0.467 e. The third-order valence-electron chi connectivity index (χ3n) is 5.55.